The molecule has 0 aliphatic carbocycles. The first-order chi connectivity index (χ1) is 7.15. The minimum atomic E-state index is -0.0876. The Bertz CT molecular complexity index is 211. The monoisotopic (exact) mass is 215 g/mol. The van der Waals surface area contributed by atoms with Gasteiger partial charge in [0.1, 0.15) is 0 Å². The highest BCUT2D eigenvalue weighted by Gasteiger charge is 2.27. The molecule has 0 saturated carbocycles. The molecular weight excluding hydrogens is 194 g/mol. The topological polar surface area (TPSA) is 67.6 Å². The Kier molecular flexibility index (Phi) is 5.01. The second-order valence-corrected chi connectivity index (χ2v) is 4.00. The van der Waals surface area contributed by atoms with Crippen LogP contribution in [0.15, 0.2) is 0 Å². The zero-order valence-corrected chi connectivity index (χ0v) is 9.53. The fourth-order valence-corrected chi connectivity index (χ4v) is 1.76. The molecule has 0 aromatic carbocycles. The van der Waals surface area contributed by atoms with Crippen molar-refractivity contribution >= 4 is 5.91 Å². The highest BCUT2D eigenvalue weighted by atomic mass is 16.5. The number of hydrogen-bond acceptors (Lipinski definition) is 4. The summed E-state index contributed by atoms with van der Waals surface area (Å²) in [6, 6.07) is 0.134. The lowest BCUT2D eigenvalue weighted by Crippen LogP contribution is -2.45. The lowest BCUT2D eigenvalue weighted by atomic mass is 10.2. The number of likely N-dealkylation sites (tertiary alicyclic amines) is 1. The molecule has 0 spiro atoms. The molecule has 1 amide bonds. The maximum absolute atomic E-state index is 11.7. The van der Waals surface area contributed by atoms with Crippen LogP contribution in [0, 0.1) is 0 Å². The van der Waals surface area contributed by atoms with Crippen LogP contribution >= 0.6 is 0 Å². The zero-order valence-electron chi connectivity index (χ0n) is 9.53. The summed E-state index contributed by atoms with van der Waals surface area (Å²) in [5, 5.41) is 2.83. The van der Waals surface area contributed by atoms with Gasteiger partial charge in [-0.25, -0.2) is 0 Å². The van der Waals surface area contributed by atoms with E-state index < -0.39 is 0 Å². The van der Waals surface area contributed by atoms with Crippen LogP contribution in [0.2, 0.25) is 0 Å². The van der Waals surface area contributed by atoms with Crippen LogP contribution in [0.4, 0.5) is 0 Å². The van der Waals surface area contributed by atoms with Crippen LogP contribution in [0.25, 0.3) is 0 Å². The third-order valence-electron chi connectivity index (χ3n) is 2.79. The van der Waals surface area contributed by atoms with Crippen molar-refractivity contribution in [2.75, 3.05) is 33.4 Å². The molecule has 5 nitrogen and oxygen atoms in total. The number of ether oxygens (including phenoxy) is 1. The molecule has 3 N–H and O–H groups in total. The average Bonchev–Trinajstić information content (AvgIpc) is 2.64. The predicted octanol–water partition coefficient (Wildman–Crippen LogP) is -0.829. The van der Waals surface area contributed by atoms with Gasteiger partial charge in [-0.05, 0) is 13.3 Å². The number of nitrogens with zero attached hydrogens (tertiary/aromatic N) is 1. The van der Waals surface area contributed by atoms with Gasteiger partial charge in [-0.3, -0.25) is 9.69 Å². The van der Waals surface area contributed by atoms with Crippen LogP contribution in [0.3, 0.4) is 0 Å². The molecule has 1 aliphatic rings. The quantitative estimate of drug-likeness (QED) is 0.587. The number of nitrogens with two attached hydrogens (primary N) is 1. The van der Waals surface area contributed by atoms with E-state index in [1.165, 1.54) is 0 Å². The SMILES string of the molecule is COCCNC(=O)C(C)N1CC[C@@H](N)C1. The van der Waals surface area contributed by atoms with Gasteiger partial charge < -0.3 is 15.8 Å². The largest absolute Gasteiger partial charge is 0.383 e. The maximum atomic E-state index is 11.7. The van der Waals surface area contributed by atoms with Crippen molar-refractivity contribution in [2.24, 2.45) is 5.73 Å². The Morgan fingerprint density at radius 1 is 1.73 bits per heavy atom. The van der Waals surface area contributed by atoms with Gasteiger partial charge in [-0.15, -0.1) is 0 Å². The smallest absolute Gasteiger partial charge is 0.237 e. The molecule has 15 heavy (non-hydrogen) atoms. The molecule has 1 unspecified atom stereocenters. The normalized spacial score (nSPS) is 24.1. The van der Waals surface area contributed by atoms with E-state index in [-0.39, 0.29) is 18.0 Å². The number of hydrogen-bond donors (Lipinski definition) is 2. The summed E-state index contributed by atoms with van der Waals surface area (Å²) in [7, 11) is 1.62. The first-order valence-corrected chi connectivity index (χ1v) is 5.41. The van der Waals surface area contributed by atoms with Crippen molar-refractivity contribution in [2.45, 2.75) is 25.4 Å². The first kappa shape index (κ1) is 12.4. The van der Waals surface area contributed by atoms with Crippen LogP contribution in [0.5, 0.6) is 0 Å². The van der Waals surface area contributed by atoms with E-state index >= 15 is 0 Å². The van der Waals surface area contributed by atoms with Gasteiger partial charge in [0, 0.05) is 32.8 Å². The van der Waals surface area contributed by atoms with Gasteiger partial charge in [0.2, 0.25) is 5.91 Å². The van der Waals surface area contributed by atoms with E-state index in [1.807, 2.05) is 6.92 Å². The molecule has 1 fully saturated rings. The molecule has 0 bridgehead atoms. The third kappa shape index (κ3) is 3.77. The lowest BCUT2D eigenvalue weighted by molar-refractivity contribution is -0.125. The highest BCUT2D eigenvalue weighted by molar-refractivity contribution is 5.81. The molecule has 1 rings (SSSR count). The number of amides is 1. The molecule has 1 saturated heterocycles. The molecule has 0 aromatic heterocycles. The van der Waals surface area contributed by atoms with E-state index in [9.17, 15) is 4.79 Å². The van der Waals surface area contributed by atoms with Gasteiger partial charge in [0.15, 0.2) is 0 Å². The zero-order chi connectivity index (χ0) is 11.3. The molecule has 0 aromatic rings. The second kappa shape index (κ2) is 6.05. The van der Waals surface area contributed by atoms with Crippen LogP contribution < -0.4 is 11.1 Å². The van der Waals surface area contributed by atoms with Crippen molar-refractivity contribution in [1.82, 2.24) is 10.2 Å². The van der Waals surface area contributed by atoms with Crippen molar-refractivity contribution in [3.63, 3.8) is 0 Å². The molecular formula is C10H21N3O2. The minimum absolute atomic E-state index is 0.0566. The minimum Gasteiger partial charge on any atom is -0.383 e. The summed E-state index contributed by atoms with van der Waals surface area (Å²) < 4.78 is 4.87. The summed E-state index contributed by atoms with van der Waals surface area (Å²) in [6.45, 7) is 4.77. The molecule has 2 atom stereocenters. The predicted molar refractivity (Wildman–Crippen MR) is 58.5 cm³/mol. The average molecular weight is 215 g/mol. The number of carbonyl (C=O) groups excluding carboxylic acids is 1. The summed E-state index contributed by atoms with van der Waals surface area (Å²) in [6.07, 6.45) is 0.982. The number of carbonyl (C=O) groups is 1. The fraction of sp³-hybridized carbons (Fsp3) is 0.900. The Morgan fingerprint density at radius 3 is 3.00 bits per heavy atom. The molecule has 1 aliphatic heterocycles. The molecule has 88 valence electrons. The van der Waals surface area contributed by atoms with Gasteiger partial charge >= 0.3 is 0 Å². The van der Waals surface area contributed by atoms with E-state index in [1.54, 1.807) is 7.11 Å². The van der Waals surface area contributed by atoms with Crippen molar-refractivity contribution in [3.05, 3.63) is 0 Å². The van der Waals surface area contributed by atoms with Gasteiger partial charge in [-0.1, -0.05) is 0 Å². The third-order valence-corrected chi connectivity index (χ3v) is 2.79. The summed E-state index contributed by atoms with van der Waals surface area (Å²) in [5.74, 6) is 0.0566. The molecule has 0 radical (unpaired) electrons. The molecule has 5 heteroatoms. The Hall–Kier alpha value is -0.650. The Morgan fingerprint density at radius 2 is 2.47 bits per heavy atom. The molecule has 1 heterocycles. The number of methoxy groups -OCH3 is 1. The summed E-state index contributed by atoms with van der Waals surface area (Å²) in [5.41, 5.74) is 5.79. The standard InChI is InChI=1S/C10H21N3O2/c1-8(10(14)12-4-6-15-2)13-5-3-9(11)7-13/h8-9H,3-7,11H2,1-2H3,(H,12,14)/t8?,9-/m1/s1. The van der Waals surface area contributed by atoms with E-state index in [4.69, 9.17) is 10.5 Å². The van der Waals surface area contributed by atoms with E-state index in [0.717, 1.165) is 19.5 Å². The highest BCUT2D eigenvalue weighted by Crippen LogP contribution is 2.10. The van der Waals surface area contributed by atoms with Crippen LogP contribution in [0.1, 0.15) is 13.3 Å². The van der Waals surface area contributed by atoms with E-state index in [2.05, 4.69) is 10.2 Å². The van der Waals surface area contributed by atoms with Crippen LogP contribution in [-0.2, 0) is 9.53 Å². The van der Waals surface area contributed by atoms with Gasteiger partial charge in [0.25, 0.3) is 0 Å². The van der Waals surface area contributed by atoms with Crippen molar-refractivity contribution in [1.29, 1.82) is 0 Å². The Labute approximate surface area is 90.9 Å². The van der Waals surface area contributed by atoms with Gasteiger partial charge in [0.05, 0.1) is 12.6 Å². The Balaban J connectivity index is 2.26. The first-order valence-electron chi connectivity index (χ1n) is 5.41. The van der Waals surface area contributed by atoms with Crippen molar-refractivity contribution in [3.8, 4) is 0 Å². The van der Waals surface area contributed by atoms with E-state index in [0.29, 0.717) is 13.2 Å². The van der Waals surface area contributed by atoms with Crippen molar-refractivity contribution < 1.29 is 9.53 Å². The lowest BCUT2D eigenvalue weighted by Gasteiger charge is -2.22. The number of nitrogens with one attached hydrogen (secondary N) is 1. The number of rotatable bonds is 5. The van der Waals surface area contributed by atoms with Gasteiger partial charge in [-0.2, -0.15) is 0 Å². The summed E-state index contributed by atoms with van der Waals surface area (Å²) >= 11 is 0. The van der Waals surface area contributed by atoms with Crippen LogP contribution in [-0.4, -0.2) is 56.2 Å². The second-order valence-electron chi connectivity index (χ2n) is 4.00. The maximum Gasteiger partial charge on any atom is 0.237 e. The summed E-state index contributed by atoms with van der Waals surface area (Å²) in [4.78, 5) is 13.8. The fourth-order valence-electron chi connectivity index (χ4n) is 1.76.